The van der Waals surface area contributed by atoms with Crippen LogP contribution in [-0.2, 0) is 0 Å². The SMILES string of the molecule is OC1=CC=CC=C2NC=CC=C12. The van der Waals surface area contributed by atoms with Crippen LogP contribution in [0, 0.1) is 0 Å². The summed E-state index contributed by atoms with van der Waals surface area (Å²) in [6.07, 6.45) is 12.9. The molecule has 2 aliphatic rings. The Kier molecular flexibility index (Phi) is 1.59. The molecule has 1 heterocycles. The van der Waals surface area contributed by atoms with Gasteiger partial charge in [-0.3, -0.25) is 0 Å². The molecule has 0 saturated carbocycles. The van der Waals surface area contributed by atoms with E-state index in [1.165, 1.54) is 0 Å². The Bertz CT molecular complexity index is 343. The van der Waals surface area contributed by atoms with Crippen molar-refractivity contribution in [2.45, 2.75) is 0 Å². The molecule has 0 radical (unpaired) electrons. The largest absolute Gasteiger partial charge is 0.507 e. The lowest BCUT2D eigenvalue weighted by Crippen LogP contribution is -2.11. The van der Waals surface area contributed by atoms with Crippen molar-refractivity contribution < 1.29 is 5.11 Å². The lowest BCUT2D eigenvalue weighted by Gasteiger charge is -2.12. The zero-order valence-corrected chi connectivity index (χ0v) is 6.49. The van der Waals surface area contributed by atoms with Crippen LogP contribution in [0.25, 0.3) is 0 Å². The molecule has 0 saturated heterocycles. The maximum absolute atomic E-state index is 9.51. The molecule has 1 aliphatic carbocycles. The summed E-state index contributed by atoms with van der Waals surface area (Å²) in [5.74, 6) is 0.298. The molecule has 2 rings (SSSR count). The fourth-order valence-corrected chi connectivity index (χ4v) is 1.20. The smallest absolute Gasteiger partial charge is 0.124 e. The summed E-state index contributed by atoms with van der Waals surface area (Å²) >= 11 is 0. The molecule has 0 bridgehead atoms. The molecular weight excluding hydrogens is 150 g/mol. The van der Waals surface area contributed by atoms with E-state index in [1.54, 1.807) is 6.08 Å². The summed E-state index contributed by atoms with van der Waals surface area (Å²) in [4.78, 5) is 0. The number of hydrogen-bond donors (Lipinski definition) is 2. The number of dihydropyridines is 1. The fourth-order valence-electron chi connectivity index (χ4n) is 1.20. The van der Waals surface area contributed by atoms with Gasteiger partial charge in [-0.05, 0) is 24.3 Å². The van der Waals surface area contributed by atoms with Gasteiger partial charge in [-0.2, -0.15) is 0 Å². The maximum Gasteiger partial charge on any atom is 0.124 e. The minimum atomic E-state index is 0.298. The molecule has 0 atom stereocenters. The molecule has 12 heavy (non-hydrogen) atoms. The normalized spacial score (nSPS) is 19.8. The van der Waals surface area contributed by atoms with Crippen molar-refractivity contribution >= 4 is 0 Å². The van der Waals surface area contributed by atoms with Crippen LogP contribution in [0.4, 0.5) is 0 Å². The highest BCUT2D eigenvalue weighted by atomic mass is 16.3. The Morgan fingerprint density at radius 3 is 2.75 bits per heavy atom. The van der Waals surface area contributed by atoms with Gasteiger partial charge in [-0.1, -0.05) is 12.2 Å². The van der Waals surface area contributed by atoms with Crippen LogP contribution in [0.2, 0.25) is 0 Å². The monoisotopic (exact) mass is 159 g/mol. The number of aliphatic hydroxyl groups is 1. The predicted octanol–water partition coefficient (Wildman–Crippen LogP) is 1.93. The van der Waals surface area contributed by atoms with Crippen molar-refractivity contribution in [1.29, 1.82) is 0 Å². The number of allylic oxidation sites excluding steroid dienone is 6. The van der Waals surface area contributed by atoms with E-state index < -0.39 is 0 Å². The van der Waals surface area contributed by atoms with Crippen LogP contribution in [0.15, 0.2) is 59.7 Å². The lowest BCUT2D eigenvalue weighted by atomic mass is 10.1. The van der Waals surface area contributed by atoms with Gasteiger partial charge in [0.05, 0.1) is 0 Å². The third-order valence-electron chi connectivity index (χ3n) is 1.79. The number of rotatable bonds is 0. The lowest BCUT2D eigenvalue weighted by molar-refractivity contribution is 0.424. The summed E-state index contributed by atoms with van der Waals surface area (Å²) in [5, 5.41) is 12.6. The fraction of sp³-hybridized carbons (Fsp3) is 0. The van der Waals surface area contributed by atoms with Crippen LogP contribution in [-0.4, -0.2) is 5.11 Å². The zero-order valence-electron chi connectivity index (χ0n) is 6.49. The van der Waals surface area contributed by atoms with Gasteiger partial charge in [-0.15, -0.1) is 0 Å². The molecule has 0 amide bonds. The quantitative estimate of drug-likeness (QED) is 0.566. The second kappa shape index (κ2) is 2.74. The standard InChI is InChI=1S/C10H9NO/c12-10-6-2-1-5-9-8(10)4-3-7-11-9/h1-7,11-12H. The highest BCUT2D eigenvalue weighted by Gasteiger charge is 2.10. The van der Waals surface area contributed by atoms with E-state index in [9.17, 15) is 5.11 Å². The molecule has 2 heteroatoms. The molecule has 0 aromatic carbocycles. The third-order valence-corrected chi connectivity index (χ3v) is 1.79. The van der Waals surface area contributed by atoms with Gasteiger partial charge in [0, 0.05) is 17.5 Å². The van der Waals surface area contributed by atoms with Crippen molar-refractivity contribution in [3.05, 3.63) is 59.7 Å². The number of hydrogen-bond acceptors (Lipinski definition) is 2. The highest BCUT2D eigenvalue weighted by molar-refractivity contribution is 5.51. The van der Waals surface area contributed by atoms with E-state index in [1.807, 2.05) is 36.6 Å². The molecule has 2 N–H and O–H groups in total. The summed E-state index contributed by atoms with van der Waals surface area (Å²) in [6, 6.07) is 0. The van der Waals surface area contributed by atoms with E-state index in [-0.39, 0.29) is 0 Å². The van der Waals surface area contributed by atoms with Crippen LogP contribution in [0.1, 0.15) is 0 Å². The first-order chi connectivity index (χ1) is 5.88. The Hall–Kier alpha value is -1.70. The average Bonchev–Trinajstić information content (AvgIpc) is 2.29. The Balaban J connectivity index is 2.50. The van der Waals surface area contributed by atoms with E-state index >= 15 is 0 Å². The number of aliphatic hydroxyl groups excluding tert-OH is 1. The van der Waals surface area contributed by atoms with Gasteiger partial charge >= 0.3 is 0 Å². The average molecular weight is 159 g/mol. The number of nitrogens with one attached hydrogen (secondary N) is 1. The third kappa shape index (κ3) is 1.07. The summed E-state index contributed by atoms with van der Waals surface area (Å²) in [6.45, 7) is 0. The van der Waals surface area contributed by atoms with Crippen molar-refractivity contribution in [2.75, 3.05) is 0 Å². The molecule has 0 unspecified atom stereocenters. The van der Waals surface area contributed by atoms with Crippen LogP contribution in [0.3, 0.4) is 0 Å². The Morgan fingerprint density at radius 2 is 1.83 bits per heavy atom. The first kappa shape index (κ1) is 6.98. The molecule has 2 nitrogen and oxygen atoms in total. The summed E-state index contributed by atoms with van der Waals surface area (Å²) < 4.78 is 0. The molecule has 60 valence electrons. The van der Waals surface area contributed by atoms with Gasteiger partial charge in [0.25, 0.3) is 0 Å². The highest BCUT2D eigenvalue weighted by Crippen LogP contribution is 2.20. The van der Waals surface area contributed by atoms with Crippen LogP contribution >= 0.6 is 0 Å². The maximum atomic E-state index is 9.51. The van der Waals surface area contributed by atoms with E-state index in [2.05, 4.69) is 5.32 Å². The van der Waals surface area contributed by atoms with E-state index in [0.717, 1.165) is 11.3 Å². The van der Waals surface area contributed by atoms with Crippen molar-refractivity contribution in [3.63, 3.8) is 0 Å². The van der Waals surface area contributed by atoms with Crippen molar-refractivity contribution in [2.24, 2.45) is 0 Å². The molecule has 1 aliphatic heterocycles. The molecule has 0 aromatic rings. The van der Waals surface area contributed by atoms with Crippen molar-refractivity contribution in [3.8, 4) is 0 Å². The summed E-state index contributed by atoms with van der Waals surface area (Å²) in [7, 11) is 0. The predicted molar refractivity (Wildman–Crippen MR) is 48.3 cm³/mol. The topological polar surface area (TPSA) is 32.3 Å². The Morgan fingerprint density at radius 1 is 1.00 bits per heavy atom. The molecule has 0 spiro atoms. The minimum absolute atomic E-state index is 0.298. The van der Waals surface area contributed by atoms with Gasteiger partial charge in [0.1, 0.15) is 5.76 Å². The summed E-state index contributed by atoms with van der Waals surface area (Å²) in [5.41, 5.74) is 1.77. The van der Waals surface area contributed by atoms with Crippen LogP contribution < -0.4 is 5.32 Å². The van der Waals surface area contributed by atoms with Gasteiger partial charge in [0.15, 0.2) is 0 Å². The first-order valence-corrected chi connectivity index (χ1v) is 3.79. The van der Waals surface area contributed by atoms with E-state index in [0.29, 0.717) is 5.76 Å². The second-order valence-electron chi connectivity index (χ2n) is 2.60. The van der Waals surface area contributed by atoms with E-state index in [4.69, 9.17) is 0 Å². The Labute approximate surface area is 70.9 Å². The van der Waals surface area contributed by atoms with Crippen molar-refractivity contribution in [1.82, 2.24) is 5.32 Å². The molecule has 0 fully saturated rings. The van der Waals surface area contributed by atoms with Gasteiger partial charge in [-0.25, -0.2) is 0 Å². The zero-order chi connectivity index (χ0) is 8.39. The van der Waals surface area contributed by atoms with Crippen LogP contribution in [0.5, 0.6) is 0 Å². The second-order valence-corrected chi connectivity index (χ2v) is 2.60. The van der Waals surface area contributed by atoms with Gasteiger partial charge < -0.3 is 10.4 Å². The number of fused-ring (bicyclic) bond motifs is 1. The molecular formula is C10H9NO. The van der Waals surface area contributed by atoms with Gasteiger partial charge in [0.2, 0.25) is 0 Å². The first-order valence-electron chi connectivity index (χ1n) is 3.79. The molecule has 0 aromatic heterocycles. The minimum Gasteiger partial charge on any atom is -0.507 e.